The average Bonchev–Trinajstić information content (AvgIpc) is 2.31. The van der Waals surface area contributed by atoms with Gasteiger partial charge in [-0.3, -0.25) is 4.79 Å². The normalized spacial score (nSPS) is 12.2. The lowest BCUT2D eigenvalue weighted by Gasteiger charge is -2.19. The van der Waals surface area contributed by atoms with Crippen LogP contribution in [0.4, 0.5) is 5.69 Å². The zero-order chi connectivity index (χ0) is 12.8. The van der Waals surface area contributed by atoms with E-state index < -0.39 is 0 Å². The highest BCUT2D eigenvalue weighted by Gasteiger charge is 2.12. The van der Waals surface area contributed by atoms with Crippen LogP contribution in [0.1, 0.15) is 32.3 Å². The first kappa shape index (κ1) is 13.6. The van der Waals surface area contributed by atoms with E-state index in [2.05, 4.69) is 13.8 Å². The summed E-state index contributed by atoms with van der Waals surface area (Å²) in [5, 5.41) is 0. The second-order valence-electron chi connectivity index (χ2n) is 4.71. The Morgan fingerprint density at radius 1 is 1.35 bits per heavy atom. The van der Waals surface area contributed by atoms with E-state index in [1.165, 1.54) is 0 Å². The first-order chi connectivity index (χ1) is 8.02. The van der Waals surface area contributed by atoms with Crippen molar-refractivity contribution >= 4 is 11.6 Å². The van der Waals surface area contributed by atoms with Crippen LogP contribution in [-0.4, -0.2) is 17.9 Å². The van der Waals surface area contributed by atoms with Crippen molar-refractivity contribution in [2.45, 2.75) is 33.2 Å². The molecule has 1 aromatic rings. The van der Waals surface area contributed by atoms with Crippen LogP contribution in [0.2, 0.25) is 0 Å². The third-order valence-electron chi connectivity index (χ3n) is 3.05. The molecule has 94 valence electrons. The van der Waals surface area contributed by atoms with Crippen LogP contribution < -0.4 is 5.73 Å². The molecule has 0 radical (unpaired) electrons. The Kier molecular flexibility index (Phi) is 5.01. The summed E-state index contributed by atoms with van der Waals surface area (Å²) in [7, 11) is 1.85. The number of nitrogens with zero attached hydrogens (tertiary/aromatic N) is 1. The fraction of sp³-hybridized carbons (Fsp3) is 0.500. The summed E-state index contributed by atoms with van der Waals surface area (Å²) >= 11 is 0. The van der Waals surface area contributed by atoms with E-state index in [0.29, 0.717) is 18.9 Å². The third-order valence-corrected chi connectivity index (χ3v) is 3.05. The lowest BCUT2D eigenvalue weighted by atomic mass is 10.0. The summed E-state index contributed by atoms with van der Waals surface area (Å²) in [4.78, 5) is 13.7. The molecule has 0 saturated heterocycles. The van der Waals surface area contributed by atoms with Crippen LogP contribution in [-0.2, 0) is 11.3 Å². The fourth-order valence-corrected chi connectivity index (χ4v) is 1.58. The first-order valence-electron chi connectivity index (χ1n) is 6.11. The van der Waals surface area contributed by atoms with Crippen LogP contribution in [0.25, 0.3) is 0 Å². The van der Waals surface area contributed by atoms with E-state index in [1.807, 2.05) is 31.3 Å². The molecular formula is C14H22N2O. The second-order valence-corrected chi connectivity index (χ2v) is 4.71. The monoisotopic (exact) mass is 234 g/mol. The number of carbonyl (C=O) groups is 1. The lowest BCUT2D eigenvalue weighted by Crippen LogP contribution is -2.27. The number of nitrogens with two attached hydrogens (primary N) is 1. The zero-order valence-electron chi connectivity index (χ0n) is 10.9. The minimum Gasteiger partial charge on any atom is -0.399 e. The Bertz CT molecular complexity index is 359. The molecule has 2 N–H and O–H groups in total. The van der Waals surface area contributed by atoms with Gasteiger partial charge in [-0.15, -0.1) is 0 Å². The summed E-state index contributed by atoms with van der Waals surface area (Å²) < 4.78 is 0. The molecule has 0 fully saturated rings. The largest absolute Gasteiger partial charge is 0.399 e. The highest BCUT2D eigenvalue weighted by atomic mass is 16.2. The minimum atomic E-state index is 0.205. The molecule has 0 spiro atoms. The maximum Gasteiger partial charge on any atom is 0.222 e. The highest BCUT2D eigenvalue weighted by Crippen LogP contribution is 2.12. The number of rotatable bonds is 5. The van der Waals surface area contributed by atoms with Gasteiger partial charge in [-0.1, -0.05) is 32.4 Å². The molecule has 0 aliphatic carbocycles. The number of nitrogen functional groups attached to an aromatic ring is 1. The van der Waals surface area contributed by atoms with E-state index in [4.69, 9.17) is 5.73 Å². The van der Waals surface area contributed by atoms with Gasteiger partial charge >= 0.3 is 0 Å². The number of amides is 1. The molecule has 0 heterocycles. The van der Waals surface area contributed by atoms with Gasteiger partial charge in [0.25, 0.3) is 0 Å². The molecule has 1 unspecified atom stereocenters. The van der Waals surface area contributed by atoms with Gasteiger partial charge in [-0.25, -0.2) is 0 Å². The molecule has 3 heteroatoms. The Hall–Kier alpha value is -1.51. The van der Waals surface area contributed by atoms with Crippen molar-refractivity contribution in [1.82, 2.24) is 4.90 Å². The molecular weight excluding hydrogens is 212 g/mol. The summed E-state index contributed by atoms with van der Waals surface area (Å²) in [6, 6.07) is 7.65. The Morgan fingerprint density at radius 3 is 2.47 bits per heavy atom. The van der Waals surface area contributed by atoms with Crippen molar-refractivity contribution in [2.24, 2.45) is 5.92 Å². The molecule has 0 saturated carbocycles. The topological polar surface area (TPSA) is 46.3 Å². The smallest absolute Gasteiger partial charge is 0.222 e. The van der Waals surface area contributed by atoms with Gasteiger partial charge in [-0.05, 0) is 23.6 Å². The SMILES string of the molecule is CCC(C)CC(=O)N(C)Cc1ccc(N)cc1. The van der Waals surface area contributed by atoms with E-state index in [0.717, 1.165) is 17.7 Å². The fourth-order valence-electron chi connectivity index (χ4n) is 1.58. The number of anilines is 1. The van der Waals surface area contributed by atoms with E-state index in [-0.39, 0.29) is 5.91 Å². The predicted octanol–water partition coefficient (Wildman–Crippen LogP) is 2.66. The molecule has 1 amide bonds. The van der Waals surface area contributed by atoms with Gasteiger partial charge in [0.1, 0.15) is 0 Å². The molecule has 0 aromatic heterocycles. The Morgan fingerprint density at radius 2 is 1.94 bits per heavy atom. The van der Waals surface area contributed by atoms with Crippen LogP contribution in [0.5, 0.6) is 0 Å². The quantitative estimate of drug-likeness (QED) is 0.796. The van der Waals surface area contributed by atoms with Crippen molar-refractivity contribution in [3.05, 3.63) is 29.8 Å². The molecule has 0 aliphatic heterocycles. The van der Waals surface area contributed by atoms with Gasteiger partial charge < -0.3 is 10.6 Å². The number of hydrogen-bond donors (Lipinski definition) is 1. The maximum atomic E-state index is 11.9. The van der Waals surface area contributed by atoms with Gasteiger partial charge in [0.2, 0.25) is 5.91 Å². The Balaban J connectivity index is 2.51. The second kappa shape index (κ2) is 6.28. The van der Waals surface area contributed by atoms with E-state index >= 15 is 0 Å². The van der Waals surface area contributed by atoms with E-state index in [9.17, 15) is 4.79 Å². The van der Waals surface area contributed by atoms with Crippen molar-refractivity contribution in [3.8, 4) is 0 Å². The molecule has 1 aromatic carbocycles. The van der Waals surface area contributed by atoms with Crippen molar-refractivity contribution < 1.29 is 4.79 Å². The molecule has 1 rings (SSSR count). The molecule has 0 bridgehead atoms. The number of hydrogen-bond acceptors (Lipinski definition) is 2. The summed E-state index contributed by atoms with van der Waals surface area (Å²) in [6.45, 7) is 4.86. The predicted molar refractivity (Wildman–Crippen MR) is 71.4 cm³/mol. The lowest BCUT2D eigenvalue weighted by molar-refractivity contribution is -0.131. The van der Waals surface area contributed by atoms with Crippen LogP contribution >= 0.6 is 0 Å². The molecule has 0 aliphatic rings. The standard InChI is InChI=1S/C14H22N2O/c1-4-11(2)9-14(17)16(3)10-12-5-7-13(15)8-6-12/h5-8,11H,4,9-10,15H2,1-3H3. The van der Waals surface area contributed by atoms with Crippen LogP contribution in [0, 0.1) is 5.92 Å². The van der Waals surface area contributed by atoms with Gasteiger partial charge in [-0.2, -0.15) is 0 Å². The molecule has 1 atom stereocenters. The zero-order valence-corrected chi connectivity index (χ0v) is 10.9. The highest BCUT2D eigenvalue weighted by molar-refractivity contribution is 5.76. The number of carbonyl (C=O) groups excluding carboxylic acids is 1. The van der Waals surface area contributed by atoms with Crippen LogP contribution in [0.15, 0.2) is 24.3 Å². The first-order valence-corrected chi connectivity index (χ1v) is 6.11. The molecule has 3 nitrogen and oxygen atoms in total. The van der Waals surface area contributed by atoms with Crippen molar-refractivity contribution in [1.29, 1.82) is 0 Å². The van der Waals surface area contributed by atoms with Gasteiger partial charge in [0.15, 0.2) is 0 Å². The number of benzene rings is 1. The Labute approximate surface area is 104 Å². The van der Waals surface area contributed by atoms with Gasteiger partial charge in [0, 0.05) is 25.7 Å². The summed E-state index contributed by atoms with van der Waals surface area (Å²) in [5.74, 6) is 0.660. The van der Waals surface area contributed by atoms with E-state index in [1.54, 1.807) is 4.90 Å². The van der Waals surface area contributed by atoms with Gasteiger partial charge in [0.05, 0.1) is 0 Å². The van der Waals surface area contributed by atoms with Crippen molar-refractivity contribution in [2.75, 3.05) is 12.8 Å². The van der Waals surface area contributed by atoms with Crippen molar-refractivity contribution in [3.63, 3.8) is 0 Å². The maximum absolute atomic E-state index is 11.9. The molecule has 17 heavy (non-hydrogen) atoms. The third kappa shape index (κ3) is 4.47. The average molecular weight is 234 g/mol. The summed E-state index contributed by atoms with van der Waals surface area (Å²) in [5.41, 5.74) is 7.48. The summed E-state index contributed by atoms with van der Waals surface area (Å²) in [6.07, 6.45) is 1.67. The minimum absolute atomic E-state index is 0.205. The van der Waals surface area contributed by atoms with Crippen LogP contribution in [0.3, 0.4) is 0 Å².